The van der Waals surface area contributed by atoms with E-state index in [-0.39, 0.29) is 31.2 Å². The molecule has 8 heteroatoms. The molecule has 0 radical (unpaired) electrons. The number of hydrogen-bond acceptors (Lipinski definition) is 5. The summed E-state index contributed by atoms with van der Waals surface area (Å²) in [6.07, 6.45) is 0.487. The van der Waals surface area contributed by atoms with Crippen LogP contribution in [-0.2, 0) is 9.59 Å². The first-order chi connectivity index (χ1) is 9.61. The third-order valence-corrected chi connectivity index (χ3v) is 2.48. The predicted octanol–water partition coefficient (Wildman–Crippen LogP) is 1.14. The lowest BCUT2D eigenvalue weighted by molar-refractivity contribution is -0.138. The van der Waals surface area contributed by atoms with Crippen LogP contribution in [0.5, 0.6) is 5.75 Å². The summed E-state index contributed by atoms with van der Waals surface area (Å²) in [7, 11) is 0. The highest BCUT2D eigenvalue weighted by Gasteiger charge is 2.04. The summed E-state index contributed by atoms with van der Waals surface area (Å²) >= 11 is 0. The van der Waals surface area contributed by atoms with Crippen molar-refractivity contribution in [1.29, 1.82) is 0 Å². The zero-order valence-corrected chi connectivity index (χ0v) is 12.3. The van der Waals surface area contributed by atoms with Crippen LogP contribution in [0.3, 0.4) is 0 Å². The molecule has 21 heavy (non-hydrogen) atoms. The van der Waals surface area contributed by atoms with Gasteiger partial charge in [-0.2, -0.15) is 0 Å². The van der Waals surface area contributed by atoms with Crippen LogP contribution in [-0.4, -0.2) is 30.1 Å². The number of hydrazine groups is 1. The molecule has 0 heterocycles. The Labute approximate surface area is 129 Å². The number of rotatable bonds is 9. The number of anilines is 1. The summed E-state index contributed by atoms with van der Waals surface area (Å²) in [5, 5.41) is 11.1. The average Bonchev–Trinajstić information content (AvgIpc) is 2.45. The van der Waals surface area contributed by atoms with E-state index in [2.05, 4.69) is 10.7 Å². The first kappa shape index (κ1) is 19.0. The van der Waals surface area contributed by atoms with Crippen LogP contribution in [0.4, 0.5) is 5.69 Å². The number of nitrogens with two attached hydrogens (primary N) is 1. The van der Waals surface area contributed by atoms with Gasteiger partial charge in [0.15, 0.2) is 0 Å². The van der Waals surface area contributed by atoms with Crippen molar-refractivity contribution in [3.05, 3.63) is 24.3 Å². The van der Waals surface area contributed by atoms with Crippen LogP contribution < -0.4 is 21.3 Å². The van der Waals surface area contributed by atoms with Gasteiger partial charge in [0, 0.05) is 19.0 Å². The molecular formula is C13H20ClN3O4. The molecule has 0 saturated heterocycles. The number of amides is 1. The molecule has 0 aliphatic rings. The molecular weight excluding hydrogens is 298 g/mol. The summed E-state index contributed by atoms with van der Waals surface area (Å²) in [5.74, 6) is 4.74. The van der Waals surface area contributed by atoms with Gasteiger partial charge in [-0.1, -0.05) is 6.07 Å². The van der Waals surface area contributed by atoms with Crippen LogP contribution in [0.15, 0.2) is 24.3 Å². The molecule has 0 aliphatic heterocycles. The van der Waals surface area contributed by atoms with E-state index in [4.69, 9.17) is 15.7 Å². The first-order valence-corrected chi connectivity index (χ1v) is 6.30. The molecule has 0 saturated carbocycles. The largest absolute Gasteiger partial charge is 0.493 e. The molecule has 1 aromatic rings. The number of aliphatic carboxylic acids is 1. The van der Waals surface area contributed by atoms with Gasteiger partial charge in [0.05, 0.1) is 18.7 Å². The highest BCUT2D eigenvalue weighted by atomic mass is 35.5. The Morgan fingerprint density at radius 1 is 1.29 bits per heavy atom. The van der Waals surface area contributed by atoms with E-state index in [1.165, 1.54) is 0 Å². The average molecular weight is 318 g/mol. The lowest BCUT2D eigenvalue weighted by Crippen LogP contribution is -2.25. The number of ether oxygens (including phenoxy) is 1. The Balaban J connectivity index is 0.00000400. The van der Waals surface area contributed by atoms with Crippen molar-refractivity contribution in [2.75, 3.05) is 18.6 Å². The third-order valence-electron chi connectivity index (χ3n) is 2.48. The van der Waals surface area contributed by atoms with Gasteiger partial charge in [-0.05, 0) is 18.6 Å². The maximum absolute atomic E-state index is 11.2. The Morgan fingerprint density at radius 3 is 2.71 bits per heavy atom. The van der Waals surface area contributed by atoms with Crippen LogP contribution in [0, 0.1) is 0 Å². The van der Waals surface area contributed by atoms with Gasteiger partial charge < -0.3 is 20.6 Å². The molecule has 0 aromatic heterocycles. The third kappa shape index (κ3) is 8.72. The Hall–Kier alpha value is -1.99. The maximum atomic E-state index is 11.2. The molecule has 1 aromatic carbocycles. The van der Waals surface area contributed by atoms with Crippen molar-refractivity contribution in [2.45, 2.75) is 19.3 Å². The molecule has 1 rings (SSSR count). The van der Waals surface area contributed by atoms with E-state index < -0.39 is 5.97 Å². The van der Waals surface area contributed by atoms with Gasteiger partial charge in [0.1, 0.15) is 5.75 Å². The minimum absolute atomic E-state index is 0. The maximum Gasteiger partial charge on any atom is 0.303 e. The fraction of sp³-hybridized carbons (Fsp3) is 0.385. The van der Waals surface area contributed by atoms with Crippen LogP contribution >= 0.6 is 12.4 Å². The zero-order valence-electron chi connectivity index (χ0n) is 11.5. The molecule has 0 fully saturated rings. The molecule has 0 bridgehead atoms. The van der Waals surface area contributed by atoms with Crippen molar-refractivity contribution < 1.29 is 19.4 Å². The van der Waals surface area contributed by atoms with E-state index in [1.807, 2.05) is 18.2 Å². The van der Waals surface area contributed by atoms with Crippen molar-refractivity contribution in [3.8, 4) is 5.75 Å². The molecule has 1 amide bonds. The van der Waals surface area contributed by atoms with E-state index in [0.29, 0.717) is 25.3 Å². The predicted molar refractivity (Wildman–Crippen MR) is 81.5 cm³/mol. The van der Waals surface area contributed by atoms with Crippen molar-refractivity contribution >= 4 is 30.0 Å². The fourth-order valence-corrected chi connectivity index (χ4v) is 1.47. The smallest absolute Gasteiger partial charge is 0.303 e. The molecule has 7 nitrogen and oxygen atoms in total. The van der Waals surface area contributed by atoms with E-state index >= 15 is 0 Å². The molecule has 0 spiro atoms. The fourth-order valence-electron chi connectivity index (χ4n) is 1.47. The van der Waals surface area contributed by atoms with E-state index in [9.17, 15) is 9.59 Å². The zero-order chi connectivity index (χ0) is 14.8. The normalized spacial score (nSPS) is 9.38. The first-order valence-electron chi connectivity index (χ1n) is 6.30. The minimum atomic E-state index is -0.975. The molecule has 5 N–H and O–H groups in total. The van der Waals surface area contributed by atoms with Gasteiger partial charge in [-0.3, -0.25) is 15.4 Å². The van der Waals surface area contributed by atoms with Gasteiger partial charge >= 0.3 is 5.97 Å². The lowest BCUT2D eigenvalue weighted by atomic mass is 10.3. The summed E-state index contributed by atoms with van der Waals surface area (Å²) in [5.41, 5.74) is 3.28. The van der Waals surface area contributed by atoms with Gasteiger partial charge in [0.2, 0.25) is 5.91 Å². The SMILES string of the molecule is Cl.NNc1cccc(OCCCNC(=O)CCC(=O)O)c1. The van der Waals surface area contributed by atoms with Gasteiger partial charge in [0.25, 0.3) is 0 Å². The van der Waals surface area contributed by atoms with Crippen LogP contribution in [0.2, 0.25) is 0 Å². The lowest BCUT2D eigenvalue weighted by Gasteiger charge is -2.08. The Morgan fingerprint density at radius 2 is 2.05 bits per heavy atom. The summed E-state index contributed by atoms with van der Waals surface area (Å²) in [6, 6.07) is 7.21. The second-order valence-corrected chi connectivity index (χ2v) is 4.12. The van der Waals surface area contributed by atoms with Crippen molar-refractivity contribution in [1.82, 2.24) is 5.32 Å². The number of benzene rings is 1. The quantitative estimate of drug-likeness (QED) is 0.308. The highest BCUT2D eigenvalue weighted by Crippen LogP contribution is 2.16. The number of carbonyl (C=O) groups excluding carboxylic acids is 1. The number of nitrogen functional groups attached to an aromatic ring is 1. The number of nitrogens with one attached hydrogen (secondary N) is 2. The Kier molecular flexibility index (Phi) is 9.74. The molecule has 0 unspecified atom stereocenters. The highest BCUT2D eigenvalue weighted by molar-refractivity contribution is 5.85. The number of carboxylic acid groups (broad SMARTS) is 1. The van der Waals surface area contributed by atoms with Crippen molar-refractivity contribution in [3.63, 3.8) is 0 Å². The van der Waals surface area contributed by atoms with Crippen LogP contribution in [0.1, 0.15) is 19.3 Å². The minimum Gasteiger partial charge on any atom is -0.493 e. The van der Waals surface area contributed by atoms with E-state index in [0.717, 1.165) is 5.69 Å². The standard InChI is InChI=1S/C13H19N3O4.ClH/c14-16-10-3-1-4-11(9-10)20-8-2-7-15-12(17)5-6-13(18)19;/h1,3-4,9,16H,2,5-8,14H2,(H,15,17)(H,18,19);1H. The van der Waals surface area contributed by atoms with Crippen molar-refractivity contribution in [2.24, 2.45) is 5.84 Å². The molecule has 0 aliphatic carbocycles. The number of carbonyl (C=O) groups is 2. The Bertz CT molecular complexity index is 457. The summed E-state index contributed by atoms with van der Waals surface area (Å²) in [4.78, 5) is 21.5. The molecule has 0 atom stereocenters. The monoisotopic (exact) mass is 317 g/mol. The number of carboxylic acids is 1. The molecule has 118 valence electrons. The second kappa shape index (κ2) is 10.8. The summed E-state index contributed by atoms with van der Waals surface area (Å²) in [6.45, 7) is 0.903. The second-order valence-electron chi connectivity index (χ2n) is 4.12. The van der Waals surface area contributed by atoms with Gasteiger partial charge in [-0.25, -0.2) is 0 Å². The van der Waals surface area contributed by atoms with E-state index in [1.54, 1.807) is 6.07 Å². The van der Waals surface area contributed by atoms with Gasteiger partial charge in [-0.15, -0.1) is 12.4 Å². The summed E-state index contributed by atoms with van der Waals surface area (Å²) < 4.78 is 5.49. The number of hydrogen-bond donors (Lipinski definition) is 4. The topological polar surface area (TPSA) is 114 Å². The van der Waals surface area contributed by atoms with Crippen LogP contribution in [0.25, 0.3) is 0 Å². The number of halogens is 1.